The number of carbonyl (C=O) groups is 5. The largest absolute Gasteiger partial charge is 0.480 e. The van der Waals surface area contributed by atoms with Gasteiger partial charge in [-0.05, 0) is 39.2 Å². The number of aliphatic carboxylic acids is 1. The number of unbranched alkanes of at least 4 members (excludes halogenated alkanes) is 1. The Morgan fingerprint density at radius 1 is 0.853 bits per heavy atom. The van der Waals surface area contributed by atoms with Gasteiger partial charge >= 0.3 is 5.97 Å². The summed E-state index contributed by atoms with van der Waals surface area (Å²) < 4.78 is 0. The van der Waals surface area contributed by atoms with Gasteiger partial charge in [-0.25, -0.2) is 4.79 Å². The van der Waals surface area contributed by atoms with Gasteiger partial charge in [0.25, 0.3) is 0 Å². The maximum atomic E-state index is 12.6. The summed E-state index contributed by atoms with van der Waals surface area (Å²) in [5.74, 6) is -4.59. The smallest absolute Gasteiger partial charge is 0.326 e. The molecule has 4 atom stereocenters. The topological polar surface area (TPSA) is 284 Å². The number of carboxylic acid groups (broad SMARTS) is 1. The van der Waals surface area contributed by atoms with E-state index in [9.17, 15) is 29.1 Å². The Hall–Kier alpha value is -3.46. The van der Waals surface area contributed by atoms with Gasteiger partial charge in [-0.3, -0.25) is 24.2 Å². The van der Waals surface area contributed by atoms with Crippen LogP contribution in [0.2, 0.25) is 0 Å². The van der Waals surface area contributed by atoms with Crippen LogP contribution in [0.3, 0.4) is 0 Å². The molecule has 0 aromatic carbocycles. The highest BCUT2D eigenvalue weighted by molar-refractivity contribution is 5.96. The fourth-order valence-electron chi connectivity index (χ4n) is 2.77. The number of carboxylic acids is 1. The van der Waals surface area contributed by atoms with Crippen LogP contribution in [0.1, 0.15) is 45.4 Å². The number of guanidine groups is 1. The zero-order valence-electron chi connectivity index (χ0n) is 19.3. The van der Waals surface area contributed by atoms with Gasteiger partial charge in [0.05, 0.1) is 12.5 Å². The number of nitrogens with zero attached hydrogens (tertiary/aromatic N) is 1. The summed E-state index contributed by atoms with van der Waals surface area (Å²) in [7, 11) is 0. The molecule has 0 radical (unpaired) electrons. The van der Waals surface area contributed by atoms with Gasteiger partial charge in [0.15, 0.2) is 5.96 Å². The number of amides is 4. The second-order valence-corrected chi connectivity index (χ2v) is 7.70. The van der Waals surface area contributed by atoms with E-state index in [0.29, 0.717) is 25.8 Å². The molecule has 0 saturated heterocycles. The van der Waals surface area contributed by atoms with E-state index >= 15 is 0 Å². The third kappa shape index (κ3) is 13.2. The number of rotatable bonds is 17. The van der Waals surface area contributed by atoms with Gasteiger partial charge in [-0.15, -0.1) is 0 Å². The zero-order chi connectivity index (χ0) is 26.3. The highest BCUT2D eigenvalue weighted by atomic mass is 16.4. The summed E-state index contributed by atoms with van der Waals surface area (Å²) in [6, 6.07) is -4.72. The van der Waals surface area contributed by atoms with Crippen LogP contribution in [0.25, 0.3) is 0 Å². The molecule has 0 aliphatic carbocycles. The first kappa shape index (κ1) is 30.5. The normalized spacial score (nSPS) is 14.1. The second-order valence-electron chi connectivity index (χ2n) is 7.70. The molecular weight excluding hydrogens is 450 g/mol. The summed E-state index contributed by atoms with van der Waals surface area (Å²) in [6.45, 7) is 1.93. The standard InChI is InChI=1S/C19H37N9O6/c1-10(15(30)27-12(18(33)34)6-4-8-25-19(23)24)26-17(32)13(9-14(22)29)28-16(31)11(21)5-2-3-7-20/h10-13H,2-9,20-21H2,1H3,(H2,22,29)(H,26,32)(H,27,30)(H,28,31)(H,33,34)(H4,23,24,25). The minimum atomic E-state index is -1.37. The first-order chi connectivity index (χ1) is 15.9. The monoisotopic (exact) mass is 487 g/mol. The lowest BCUT2D eigenvalue weighted by atomic mass is 10.1. The summed E-state index contributed by atoms with van der Waals surface area (Å²) in [5.41, 5.74) is 26.8. The molecule has 15 heteroatoms. The average molecular weight is 488 g/mol. The van der Waals surface area contributed by atoms with E-state index in [1.54, 1.807) is 0 Å². The lowest BCUT2D eigenvalue weighted by Gasteiger charge is -2.23. The Labute approximate surface area is 197 Å². The molecule has 0 saturated carbocycles. The van der Waals surface area contributed by atoms with Crippen molar-refractivity contribution in [3.05, 3.63) is 0 Å². The molecule has 0 heterocycles. The van der Waals surface area contributed by atoms with Crippen LogP contribution in [0, 0.1) is 0 Å². The van der Waals surface area contributed by atoms with E-state index in [4.69, 9.17) is 28.7 Å². The number of aliphatic imine (C=N–C) groups is 1. The fourth-order valence-corrected chi connectivity index (χ4v) is 2.77. The lowest BCUT2D eigenvalue weighted by molar-refractivity contribution is -0.142. The predicted molar refractivity (Wildman–Crippen MR) is 124 cm³/mol. The second kappa shape index (κ2) is 16.2. The van der Waals surface area contributed by atoms with E-state index in [1.807, 2.05) is 0 Å². The minimum Gasteiger partial charge on any atom is -0.480 e. The van der Waals surface area contributed by atoms with Crippen LogP contribution in [0.5, 0.6) is 0 Å². The van der Waals surface area contributed by atoms with Crippen LogP contribution in [0.4, 0.5) is 0 Å². The predicted octanol–water partition coefficient (Wildman–Crippen LogP) is -4.07. The maximum Gasteiger partial charge on any atom is 0.326 e. The molecule has 14 N–H and O–H groups in total. The number of carbonyl (C=O) groups excluding carboxylic acids is 4. The number of nitrogens with one attached hydrogen (secondary N) is 3. The molecule has 34 heavy (non-hydrogen) atoms. The molecule has 15 nitrogen and oxygen atoms in total. The van der Waals surface area contributed by atoms with Crippen molar-refractivity contribution in [3.8, 4) is 0 Å². The zero-order valence-corrected chi connectivity index (χ0v) is 19.3. The van der Waals surface area contributed by atoms with Gasteiger partial charge in [-0.2, -0.15) is 0 Å². The van der Waals surface area contributed by atoms with Crippen molar-refractivity contribution in [1.82, 2.24) is 16.0 Å². The van der Waals surface area contributed by atoms with E-state index in [0.717, 1.165) is 0 Å². The molecule has 0 aliphatic heterocycles. The molecule has 0 fully saturated rings. The van der Waals surface area contributed by atoms with Crippen LogP contribution in [0.15, 0.2) is 4.99 Å². The van der Waals surface area contributed by atoms with Gasteiger partial charge in [0.2, 0.25) is 23.6 Å². The minimum absolute atomic E-state index is 0.0426. The van der Waals surface area contributed by atoms with Crippen LogP contribution < -0.4 is 44.6 Å². The Balaban J connectivity index is 4.99. The molecule has 4 unspecified atom stereocenters. The summed E-state index contributed by atoms with van der Waals surface area (Å²) in [5, 5.41) is 16.3. The van der Waals surface area contributed by atoms with Crippen molar-refractivity contribution >= 4 is 35.6 Å². The highest BCUT2D eigenvalue weighted by Crippen LogP contribution is 2.02. The van der Waals surface area contributed by atoms with Crippen LogP contribution in [-0.2, 0) is 24.0 Å². The van der Waals surface area contributed by atoms with Crippen molar-refractivity contribution in [2.45, 2.75) is 69.6 Å². The maximum absolute atomic E-state index is 12.6. The summed E-state index contributed by atoms with van der Waals surface area (Å²) in [6.07, 6.45) is 1.40. The van der Waals surface area contributed by atoms with Crippen LogP contribution >= 0.6 is 0 Å². The first-order valence-electron chi connectivity index (χ1n) is 10.8. The van der Waals surface area contributed by atoms with E-state index in [-0.39, 0.29) is 25.3 Å². The van der Waals surface area contributed by atoms with Gasteiger partial charge < -0.3 is 49.7 Å². The third-order valence-electron chi connectivity index (χ3n) is 4.66. The lowest BCUT2D eigenvalue weighted by Crippen LogP contribution is -2.57. The molecule has 0 aliphatic rings. The highest BCUT2D eigenvalue weighted by Gasteiger charge is 2.29. The molecule has 4 amide bonds. The number of hydrogen-bond donors (Lipinski definition) is 9. The Kier molecular flexibility index (Phi) is 14.6. The van der Waals surface area contributed by atoms with Gasteiger partial charge in [-0.1, -0.05) is 6.42 Å². The van der Waals surface area contributed by atoms with E-state index in [2.05, 4.69) is 20.9 Å². The fraction of sp³-hybridized carbons (Fsp3) is 0.684. The Morgan fingerprint density at radius 3 is 2.00 bits per heavy atom. The molecule has 0 spiro atoms. The Bertz CT molecular complexity index is 742. The van der Waals surface area contributed by atoms with E-state index in [1.165, 1.54) is 6.92 Å². The number of primary amides is 1. The third-order valence-corrected chi connectivity index (χ3v) is 4.66. The van der Waals surface area contributed by atoms with Crippen molar-refractivity contribution in [1.29, 1.82) is 0 Å². The van der Waals surface area contributed by atoms with Gasteiger partial charge in [0.1, 0.15) is 18.1 Å². The first-order valence-corrected chi connectivity index (χ1v) is 10.8. The van der Waals surface area contributed by atoms with Gasteiger partial charge in [0, 0.05) is 6.54 Å². The molecule has 0 aromatic heterocycles. The van der Waals surface area contributed by atoms with Crippen molar-refractivity contribution < 1.29 is 29.1 Å². The van der Waals surface area contributed by atoms with Crippen molar-refractivity contribution in [2.75, 3.05) is 13.1 Å². The molecular formula is C19H37N9O6. The quantitative estimate of drug-likeness (QED) is 0.0543. The molecule has 194 valence electrons. The van der Waals surface area contributed by atoms with Crippen molar-refractivity contribution in [3.63, 3.8) is 0 Å². The molecule has 0 aromatic rings. The molecule has 0 bridgehead atoms. The van der Waals surface area contributed by atoms with Crippen molar-refractivity contribution in [2.24, 2.45) is 33.7 Å². The Morgan fingerprint density at radius 2 is 1.47 bits per heavy atom. The van der Waals surface area contributed by atoms with Crippen LogP contribution in [-0.4, -0.2) is 77.9 Å². The average Bonchev–Trinajstić information content (AvgIpc) is 2.74. The van der Waals surface area contributed by atoms with E-state index < -0.39 is 60.2 Å². The summed E-state index contributed by atoms with van der Waals surface area (Å²) in [4.78, 5) is 63.7. The summed E-state index contributed by atoms with van der Waals surface area (Å²) >= 11 is 0. The SMILES string of the molecule is CC(NC(=O)C(CC(N)=O)NC(=O)C(N)CCCCN)C(=O)NC(CCCN=C(N)N)C(=O)O. The number of hydrogen-bond acceptors (Lipinski definition) is 8. The molecule has 0 rings (SSSR count). The number of nitrogens with two attached hydrogens (primary N) is 5.